The van der Waals surface area contributed by atoms with Crippen molar-refractivity contribution in [1.82, 2.24) is 9.21 Å². The summed E-state index contributed by atoms with van der Waals surface area (Å²) < 4.78 is 49.8. The Morgan fingerprint density at radius 1 is 0.955 bits per heavy atom. The van der Waals surface area contributed by atoms with Crippen molar-refractivity contribution in [2.24, 2.45) is 0 Å². The van der Waals surface area contributed by atoms with Crippen LogP contribution in [0.1, 0.15) is 60.4 Å². The molecule has 1 N–H and O–H groups in total. The summed E-state index contributed by atoms with van der Waals surface area (Å²) in [6, 6.07) is 13.0. The minimum Gasteiger partial charge on any atom is -0.497 e. The van der Waals surface area contributed by atoms with Gasteiger partial charge in [-0.1, -0.05) is 31.4 Å². The van der Waals surface area contributed by atoms with E-state index in [0.29, 0.717) is 30.8 Å². The number of methoxy groups -OCH3 is 2. The number of carbonyl (C=O) groups excluding carboxylic acids is 2. The predicted molar refractivity (Wildman–Crippen MR) is 163 cm³/mol. The summed E-state index contributed by atoms with van der Waals surface area (Å²) in [6.07, 6.45) is 6.55. The van der Waals surface area contributed by atoms with Gasteiger partial charge in [0.1, 0.15) is 5.75 Å². The highest BCUT2D eigenvalue weighted by atomic mass is 32.2. The molecule has 1 fully saturated rings. The van der Waals surface area contributed by atoms with E-state index in [1.165, 1.54) is 32.8 Å². The van der Waals surface area contributed by atoms with Crippen molar-refractivity contribution < 1.29 is 42.1 Å². The Balaban J connectivity index is 1.49. The third kappa shape index (κ3) is 8.59. The van der Waals surface area contributed by atoms with E-state index in [2.05, 4.69) is 0 Å². The number of nitrogens with zero attached hydrogens (tertiary/aromatic N) is 2. The van der Waals surface area contributed by atoms with Gasteiger partial charge in [-0.3, -0.25) is 4.79 Å². The number of amides is 1. The topological polar surface area (TPSA) is 132 Å². The van der Waals surface area contributed by atoms with Gasteiger partial charge in [-0.25, -0.2) is 13.2 Å². The van der Waals surface area contributed by atoms with Crippen LogP contribution in [0.15, 0.2) is 65.3 Å². The fourth-order valence-electron chi connectivity index (χ4n) is 5.38. The first-order valence-corrected chi connectivity index (χ1v) is 16.4. The van der Waals surface area contributed by atoms with Gasteiger partial charge >= 0.3 is 5.97 Å². The molecule has 12 heteroatoms. The molecule has 240 valence electrons. The molecule has 0 bridgehead atoms. The highest BCUT2D eigenvalue weighted by Crippen LogP contribution is 2.33. The number of hydrogen-bond donors (Lipinski definition) is 1. The van der Waals surface area contributed by atoms with Crippen molar-refractivity contribution in [2.45, 2.75) is 55.6 Å². The van der Waals surface area contributed by atoms with Gasteiger partial charge in [0.2, 0.25) is 16.3 Å². The average molecular weight is 631 g/mol. The van der Waals surface area contributed by atoms with Crippen molar-refractivity contribution in [1.29, 1.82) is 0 Å². The number of rotatable bonds is 12. The maximum atomic E-state index is 13.6. The summed E-state index contributed by atoms with van der Waals surface area (Å²) in [5.74, 6) is -0.155. The van der Waals surface area contributed by atoms with Crippen LogP contribution in [0, 0.1) is 0 Å². The Bertz CT molecular complexity index is 1370. The molecule has 2 aliphatic heterocycles. The van der Waals surface area contributed by atoms with Crippen LogP contribution in [0.25, 0.3) is 0 Å². The summed E-state index contributed by atoms with van der Waals surface area (Å²) in [5.41, 5.74) is 1.29. The van der Waals surface area contributed by atoms with E-state index < -0.39 is 22.3 Å². The normalized spacial score (nSPS) is 19.4. The van der Waals surface area contributed by atoms with E-state index in [9.17, 15) is 23.1 Å². The Morgan fingerprint density at radius 3 is 2.23 bits per heavy atom. The SMILES string of the molecule is COC(=O)c1ccc(C2C=C(C(=O)N3CCCCCCC3)OC(OCCN(CCO)S(=O)(=O)c3ccc(OC)cc3)C2)cc1. The van der Waals surface area contributed by atoms with E-state index in [1.54, 1.807) is 30.3 Å². The van der Waals surface area contributed by atoms with Crippen LogP contribution in [0.2, 0.25) is 0 Å². The fourth-order valence-corrected chi connectivity index (χ4v) is 6.80. The smallest absolute Gasteiger partial charge is 0.337 e. The number of aliphatic hydroxyl groups excluding tert-OH is 1. The van der Waals surface area contributed by atoms with E-state index in [1.807, 2.05) is 17.0 Å². The Hall–Kier alpha value is -3.45. The molecule has 0 spiro atoms. The third-order valence-corrected chi connectivity index (χ3v) is 9.78. The number of aliphatic hydroxyl groups is 1. The first kappa shape index (κ1) is 33.4. The second-order valence-corrected chi connectivity index (χ2v) is 12.7. The molecule has 2 heterocycles. The van der Waals surface area contributed by atoms with Crippen LogP contribution in [0.4, 0.5) is 0 Å². The molecule has 2 aliphatic rings. The van der Waals surface area contributed by atoms with Crippen molar-refractivity contribution in [2.75, 3.05) is 53.6 Å². The Kier molecular flexibility index (Phi) is 12.2. The van der Waals surface area contributed by atoms with Gasteiger partial charge in [-0.2, -0.15) is 4.31 Å². The highest BCUT2D eigenvalue weighted by Gasteiger charge is 2.32. The molecule has 0 aromatic heterocycles. The van der Waals surface area contributed by atoms with E-state index in [0.717, 1.165) is 35.6 Å². The Labute approximate surface area is 259 Å². The first-order chi connectivity index (χ1) is 21.3. The lowest BCUT2D eigenvalue weighted by Crippen LogP contribution is -2.39. The van der Waals surface area contributed by atoms with Gasteiger partial charge in [-0.15, -0.1) is 0 Å². The molecule has 0 radical (unpaired) electrons. The monoisotopic (exact) mass is 630 g/mol. The van der Waals surface area contributed by atoms with Crippen molar-refractivity contribution in [3.8, 4) is 5.75 Å². The number of likely N-dealkylation sites (tertiary alicyclic amines) is 1. The van der Waals surface area contributed by atoms with Crippen molar-refractivity contribution >= 4 is 21.9 Å². The largest absolute Gasteiger partial charge is 0.497 e. The molecule has 44 heavy (non-hydrogen) atoms. The third-order valence-electron chi connectivity index (χ3n) is 7.86. The Morgan fingerprint density at radius 2 is 1.61 bits per heavy atom. The summed E-state index contributed by atoms with van der Waals surface area (Å²) in [5, 5.41) is 9.59. The summed E-state index contributed by atoms with van der Waals surface area (Å²) in [6.45, 7) is 0.768. The minimum absolute atomic E-state index is 0.0285. The van der Waals surface area contributed by atoms with Crippen LogP contribution < -0.4 is 4.74 Å². The van der Waals surface area contributed by atoms with Crippen LogP contribution in [0.3, 0.4) is 0 Å². The van der Waals surface area contributed by atoms with Crippen LogP contribution in [0.5, 0.6) is 5.75 Å². The van der Waals surface area contributed by atoms with Gasteiger partial charge in [0.25, 0.3) is 5.91 Å². The molecule has 2 aromatic carbocycles. The average Bonchev–Trinajstić information content (AvgIpc) is 3.03. The number of carbonyl (C=O) groups is 2. The van der Waals surface area contributed by atoms with Crippen molar-refractivity contribution in [3.05, 3.63) is 71.5 Å². The molecule has 2 aromatic rings. The molecular weight excluding hydrogens is 588 g/mol. The zero-order valence-corrected chi connectivity index (χ0v) is 26.2. The molecule has 2 atom stereocenters. The van der Waals surface area contributed by atoms with Crippen LogP contribution in [-0.2, 0) is 29.0 Å². The summed E-state index contributed by atoms with van der Waals surface area (Å²) in [4.78, 5) is 27.5. The predicted octanol–water partition coefficient (Wildman–Crippen LogP) is 3.69. The van der Waals surface area contributed by atoms with E-state index in [4.69, 9.17) is 18.9 Å². The second kappa shape index (κ2) is 16.0. The van der Waals surface area contributed by atoms with E-state index in [-0.39, 0.29) is 48.8 Å². The van der Waals surface area contributed by atoms with Crippen LogP contribution in [-0.4, -0.2) is 94.5 Å². The van der Waals surface area contributed by atoms with Gasteiger partial charge in [-0.05, 0) is 60.9 Å². The quantitative estimate of drug-likeness (QED) is 0.349. The number of esters is 1. The zero-order valence-electron chi connectivity index (χ0n) is 25.4. The number of sulfonamides is 1. The van der Waals surface area contributed by atoms with E-state index >= 15 is 0 Å². The number of allylic oxidation sites excluding steroid dienone is 1. The summed E-state index contributed by atoms with van der Waals surface area (Å²) >= 11 is 0. The fraction of sp³-hybridized carbons (Fsp3) is 0.500. The molecule has 2 unspecified atom stereocenters. The first-order valence-electron chi connectivity index (χ1n) is 15.0. The molecule has 1 saturated heterocycles. The van der Waals surface area contributed by atoms with Gasteiger partial charge in [0.05, 0.1) is 37.9 Å². The molecule has 0 saturated carbocycles. The maximum absolute atomic E-state index is 13.6. The lowest BCUT2D eigenvalue weighted by molar-refractivity contribution is -0.153. The molecule has 0 aliphatic carbocycles. The maximum Gasteiger partial charge on any atom is 0.337 e. The second-order valence-electron chi connectivity index (χ2n) is 10.8. The molecule has 11 nitrogen and oxygen atoms in total. The number of hydrogen-bond acceptors (Lipinski definition) is 9. The molecule has 4 rings (SSSR count). The van der Waals surface area contributed by atoms with Crippen LogP contribution >= 0.6 is 0 Å². The molecular formula is C32H42N2O9S. The number of benzene rings is 2. The summed E-state index contributed by atoms with van der Waals surface area (Å²) in [7, 11) is -1.09. The lowest BCUT2D eigenvalue weighted by atomic mass is 9.92. The number of ether oxygens (including phenoxy) is 4. The van der Waals surface area contributed by atoms with Gasteiger partial charge in [0, 0.05) is 38.5 Å². The minimum atomic E-state index is -3.92. The zero-order chi connectivity index (χ0) is 31.5. The van der Waals surface area contributed by atoms with Gasteiger partial charge < -0.3 is 29.0 Å². The standard InChI is InChI=1S/C32H42N2O9S/c1-40-27-12-14-28(15-13-27)44(38,39)34(18-20-35)19-21-42-30-23-26(24-8-10-25(11-9-24)32(37)41-2)22-29(43-30)31(36)33-16-6-4-3-5-7-17-33/h8-15,22,26,30,35H,3-7,16-21,23H2,1-2H3. The van der Waals surface area contributed by atoms with Crippen molar-refractivity contribution in [3.63, 3.8) is 0 Å². The highest BCUT2D eigenvalue weighted by molar-refractivity contribution is 7.89. The van der Waals surface area contributed by atoms with Gasteiger partial charge in [0.15, 0.2) is 5.76 Å². The molecule has 1 amide bonds. The lowest BCUT2D eigenvalue weighted by Gasteiger charge is -2.33.